The quantitative estimate of drug-likeness (QED) is 0.685. The van der Waals surface area contributed by atoms with Crippen molar-refractivity contribution >= 4 is 5.91 Å². The molecule has 0 rings (SSSR count). The number of hydrogen-bond acceptors (Lipinski definition) is 2. The van der Waals surface area contributed by atoms with Gasteiger partial charge in [0.1, 0.15) is 0 Å². The summed E-state index contributed by atoms with van der Waals surface area (Å²) in [6.45, 7) is 8.77. The number of hydrogen-bond donors (Lipinski definition) is 2. The molecule has 0 aliphatic carbocycles. The standard InChI is InChI=1S/C11H24N2O/c1-5-11(4,6-2)13-10(14)9(3)7-8-12/h9H,5-8,12H2,1-4H3,(H,13,14). The fraction of sp³-hybridized carbons (Fsp3) is 0.909. The molecular formula is C11H24N2O. The van der Waals surface area contributed by atoms with Crippen molar-refractivity contribution in [1.29, 1.82) is 0 Å². The van der Waals surface area contributed by atoms with Gasteiger partial charge in [-0.1, -0.05) is 20.8 Å². The molecule has 1 amide bonds. The highest BCUT2D eigenvalue weighted by Crippen LogP contribution is 2.15. The normalized spacial score (nSPS) is 13.8. The van der Waals surface area contributed by atoms with E-state index in [4.69, 9.17) is 5.73 Å². The van der Waals surface area contributed by atoms with E-state index in [-0.39, 0.29) is 17.4 Å². The Morgan fingerprint density at radius 3 is 2.29 bits per heavy atom. The molecular weight excluding hydrogens is 176 g/mol. The minimum Gasteiger partial charge on any atom is -0.351 e. The second-order valence-corrected chi connectivity index (χ2v) is 4.24. The van der Waals surface area contributed by atoms with E-state index in [2.05, 4.69) is 26.1 Å². The molecule has 3 nitrogen and oxygen atoms in total. The third-order valence-electron chi connectivity index (χ3n) is 3.03. The number of amides is 1. The van der Waals surface area contributed by atoms with Crippen LogP contribution in [0.1, 0.15) is 47.0 Å². The van der Waals surface area contributed by atoms with Crippen LogP contribution in [-0.2, 0) is 4.79 Å². The van der Waals surface area contributed by atoms with Crippen LogP contribution in [0.3, 0.4) is 0 Å². The first-order valence-corrected chi connectivity index (χ1v) is 5.51. The maximum Gasteiger partial charge on any atom is 0.223 e. The summed E-state index contributed by atoms with van der Waals surface area (Å²) in [4.78, 5) is 11.7. The second kappa shape index (κ2) is 6.02. The molecule has 0 aliphatic rings. The first kappa shape index (κ1) is 13.4. The van der Waals surface area contributed by atoms with Crippen LogP contribution >= 0.6 is 0 Å². The summed E-state index contributed by atoms with van der Waals surface area (Å²) in [5.74, 6) is 0.152. The largest absolute Gasteiger partial charge is 0.351 e. The molecule has 0 radical (unpaired) electrons. The number of carbonyl (C=O) groups excluding carboxylic acids is 1. The van der Waals surface area contributed by atoms with E-state index in [9.17, 15) is 4.79 Å². The molecule has 0 aromatic heterocycles. The van der Waals surface area contributed by atoms with E-state index >= 15 is 0 Å². The van der Waals surface area contributed by atoms with Crippen LogP contribution in [0, 0.1) is 5.92 Å². The number of rotatable bonds is 6. The van der Waals surface area contributed by atoms with Crippen molar-refractivity contribution in [1.82, 2.24) is 5.32 Å². The molecule has 1 unspecified atom stereocenters. The lowest BCUT2D eigenvalue weighted by Gasteiger charge is -2.29. The van der Waals surface area contributed by atoms with Gasteiger partial charge in [-0.05, 0) is 32.7 Å². The Labute approximate surface area is 87.4 Å². The van der Waals surface area contributed by atoms with E-state index in [0.29, 0.717) is 6.54 Å². The molecule has 0 heterocycles. The fourth-order valence-corrected chi connectivity index (χ4v) is 1.23. The van der Waals surface area contributed by atoms with Crippen LogP contribution in [-0.4, -0.2) is 18.0 Å². The summed E-state index contributed by atoms with van der Waals surface area (Å²) in [5.41, 5.74) is 5.36. The molecule has 0 spiro atoms. The third-order valence-corrected chi connectivity index (χ3v) is 3.03. The van der Waals surface area contributed by atoms with Gasteiger partial charge in [-0.3, -0.25) is 4.79 Å². The third kappa shape index (κ3) is 4.09. The topological polar surface area (TPSA) is 55.1 Å². The number of nitrogens with one attached hydrogen (secondary N) is 1. The number of nitrogens with two attached hydrogens (primary N) is 1. The molecule has 1 atom stereocenters. The Morgan fingerprint density at radius 2 is 1.93 bits per heavy atom. The van der Waals surface area contributed by atoms with Gasteiger partial charge in [-0.25, -0.2) is 0 Å². The summed E-state index contributed by atoms with van der Waals surface area (Å²) in [6, 6.07) is 0. The van der Waals surface area contributed by atoms with Crippen LogP contribution in [0.2, 0.25) is 0 Å². The molecule has 0 aromatic rings. The van der Waals surface area contributed by atoms with Gasteiger partial charge in [0.15, 0.2) is 0 Å². The Bertz CT molecular complexity index is 176. The molecule has 0 fully saturated rings. The molecule has 3 heteroatoms. The Morgan fingerprint density at radius 1 is 1.43 bits per heavy atom. The van der Waals surface area contributed by atoms with Crippen molar-refractivity contribution in [3.8, 4) is 0 Å². The molecule has 3 N–H and O–H groups in total. The average molecular weight is 200 g/mol. The summed E-state index contributed by atoms with van der Waals surface area (Å²) in [6.07, 6.45) is 2.69. The van der Waals surface area contributed by atoms with Crippen LogP contribution in [0.25, 0.3) is 0 Å². The van der Waals surface area contributed by atoms with Crippen molar-refractivity contribution in [3.05, 3.63) is 0 Å². The minimum absolute atomic E-state index is 0.0254. The van der Waals surface area contributed by atoms with Crippen LogP contribution in [0.15, 0.2) is 0 Å². The van der Waals surface area contributed by atoms with E-state index in [1.54, 1.807) is 0 Å². The average Bonchev–Trinajstić information content (AvgIpc) is 2.18. The highest BCUT2D eigenvalue weighted by molar-refractivity contribution is 5.79. The Balaban J connectivity index is 4.15. The van der Waals surface area contributed by atoms with E-state index in [1.165, 1.54) is 0 Å². The molecule has 0 saturated carbocycles. The van der Waals surface area contributed by atoms with Crippen molar-refractivity contribution in [2.75, 3.05) is 6.54 Å². The molecule has 0 aromatic carbocycles. The van der Waals surface area contributed by atoms with Gasteiger partial charge in [-0.15, -0.1) is 0 Å². The van der Waals surface area contributed by atoms with Gasteiger partial charge in [0.25, 0.3) is 0 Å². The maximum absolute atomic E-state index is 11.7. The van der Waals surface area contributed by atoms with Crippen LogP contribution in [0.4, 0.5) is 0 Å². The lowest BCUT2D eigenvalue weighted by Crippen LogP contribution is -2.47. The summed E-state index contributed by atoms with van der Waals surface area (Å²) in [5, 5.41) is 3.08. The fourth-order valence-electron chi connectivity index (χ4n) is 1.23. The van der Waals surface area contributed by atoms with E-state index < -0.39 is 0 Å². The Kier molecular flexibility index (Phi) is 5.77. The van der Waals surface area contributed by atoms with Gasteiger partial charge >= 0.3 is 0 Å². The predicted molar refractivity (Wildman–Crippen MR) is 60.0 cm³/mol. The number of carbonyl (C=O) groups is 1. The molecule has 0 bridgehead atoms. The molecule has 14 heavy (non-hydrogen) atoms. The minimum atomic E-state index is -0.0556. The van der Waals surface area contributed by atoms with Crippen LogP contribution in [0.5, 0.6) is 0 Å². The second-order valence-electron chi connectivity index (χ2n) is 4.24. The summed E-state index contributed by atoms with van der Waals surface area (Å²) in [7, 11) is 0. The molecule has 0 aliphatic heterocycles. The summed E-state index contributed by atoms with van der Waals surface area (Å²) < 4.78 is 0. The smallest absolute Gasteiger partial charge is 0.223 e. The zero-order valence-corrected chi connectivity index (χ0v) is 9.89. The van der Waals surface area contributed by atoms with Crippen molar-refractivity contribution in [2.45, 2.75) is 52.5 Å². The van der Waals surface area contributed by atoms with E-state index in [0.717, 1.165) is 19.3 Å². The first-order valence-electron chi connectivity index (χ1n) is 5.51. The highest BCUT2D eigenvalue weighted by atomic mass is 16.2. The highest BCUT2D eigenvalue weighted by Gasteiger charge is 2.24. The lowest BCUT2D eigenvalue weighted by atomic mass is 9.94. The van der Waals surface area contributed by atoms with Gasteiger partial charge in [0, 0.05) is 11.5 Å². The van der Waals surface area contributed by atoms with Gasteiger partial charge in [0.05, 0.1) is 0 Å². The predicted octanol–water partition coefficient (Wildman–Crippen LogP) is 1.67. The monoisotopic (exact) mass is 200 g/mol. The van der Waals surface area contributed by atoms with Crippen molar-refractivity contribution < 1.29 is 4.79 Å². The van der Waals surface area contributed by atoms with Crippen molar-refractivity contribution in [2.24, 2.45) is 11.7 Å². The van der Waals surface area contributed by atoms with Gasteiger partial charge in [-0.2, -0.15) is 0 Å². The van der Waals surface area contributed by atoms with Crippen LogP contribution < -0.4 is 11.1 Å². The zero-order chi connectivity index (χ0) is 11.2. The zero-order valence-electron chi connectivity index (χ0n) is 9.89. The van der Waals surface area contributed by atoms with E-state index in [1.807, 2.05) is 6.92 Å². The van der Waals surface area contributed by atoms with Gasteiger partial charge in [0.2, 0.25) is 5.91 Å². The molecule has 84 valence electrons. The van der Waals surface area contributed by atoms with Crippen molar-refractivity contribution in [3.63, 3.8) is 0 Å². The molecule has 0 saturated heterocycles. The first-order chi connectivity index (χ1) is 6.49. The SMILES string of the molecule is CCC(C)(CC)NC(=O)C(C)CCN. The Hall–Kier alpha value is -0.570. The lowest BCUT2D eigenvalue weighted by molar-refractivity contribution is -0.126. The summed E-state index contributed by atoms with van der Waals surface area (Å²) >= 11 is 0. The maximum atomic E-state index is 11.7. The van der Waals surface area contributed by atoms with Gasteiger partial charge < -0.3 is 11.1 Å².